The van der Waals surface area contributed by atoms with Crippen LogP contribution in [0.3, 0.4) is 0 Å². The Kier molecular flexibility index (Phi) is 7.99. The maximum atomic E-state index is 12.9. The lowest BCUT2D eigenvalue weighted by Gasteiger charge is -2.03. The summed E-state index contributed by atoms with van der Waals surface area (Å²) in [6.45, 7) is 4.76. The van der Waals surface area contributed by atoms with Crippen LogP contribution in [0.1, 0.15) is 32.6 Å². The molecule has 5 aromatic heterocycles. The van der Waals surface area contributed by atoms with E-state index in [0.29, 0.717) is 35.0 Å². The molecule has 11 nitrogen and oxygen atoms in total. The molecule has 5 heterocycles. The molecular weight excluding hydrogens is 537 g/mol. The molecule has 2 N–H and O–H groups in total. The maximum Gasteiger partial charge on any atom is 0.490 e. The number of aryl methyl sites for hydroxylation is 2. The van der Waals surface area contributed by atoms with Crippen molar-refractivity contribution >= 4 is 28.7 Å². The number of rotatable bonds is 6. The molecule has 5 aromatic rings. The second kappa shape index (κ2) is 11.4. The van der Waals surface area contributed by atoms with E-state index >= 15 is 0 Å². The highest BCUT2D eigenvalue weighted by Crippen LogP contribution is 2.22. The first-order valence-electron chi connectivity index (χ1n) is 11.3. The fourth-order valence-electron chi connectivity index (χ4n) is 3.38. The zero-order chi connectivity index (χ0) is 28.2. The van der Waals surface area contributed by atoms with Crippen LogP contribution in [0.2, 0.25) is 0 Å². The Morgan fingerprint density at radius 1 is 1.08 bits per heavy atom. The van der Waals surface area contributed by atoms with E-state index in [2.05, 4.69) is 30.2 Å². The predicted molar refractivity (Wildman–Crippen MR) is 134 cm³/mol. The molecule has 0 bridgehead atoms. The van der Waals surface area contributed by atoms with Crippen molar-refractivity contribution in [2.24, 2.45) is 0 Å². The molecule has 15 heteroatoms. The molecule has 202 valence electrons. The zero-order valence-corrected chi connectivity index (χ0v) is 21.4. The number of aliphatic carboxylic acids is 1. The van der Waals surface area contributed by atoms with E-state index in [4.69, 9.17) is 9.90 Å². The molecule has 0 fully saturated rings. The van der Waals surface area contributed by atoms with E-state index < -0.39 is 12.1 Å². The van der Waals surface area contributed by atoms with Gasteiger partial charge in [-0.05, 0) is 26.0 Å². The summed E-state index contributed by atoms with van der Waals surface area (Å²) in [6, 6.07) is 5.65. The van der Waals surface area contributed by atoms with Gasteiger partial charge >= 0.3 is 12.1 Å². The number of hydrogen-bond acceptors (Lipinski definition) is 8. The van der Waals surface area contributed by atoms with Crippen LogP contribution in [0.4, 0.5) is 13.2 Å². The van der Waals surface area contributed by atoms with Crippen LogP contribution >= 0.6 is 11.3 Å². The molecule has 0 radical (unpaired) electrons. The summed E-state index contributed by atoms with van der Waals surface area (Å²) in [7, 11) is 0. The van der Waals surface area contributed by atoms with Gasteiger partial charge < -0.3 is 15.0 Å². The molecule has 39 heavy (non-hydrogen) atoms. The Morgan fingerprint density at radius 2 is 1.85 bits per heavy atom. The Balaban J connectivity index is 0.000000448. The molecule has 0 atom stereocenters. The lowest BCUT2D eigenvalue weighted by Crippen LogP contribution is -2.24. The molecular formula is C24H21F3N8O3S. The summed E-state index contributed by atoms with van der Waals surface area (Å²) in [4.78, 5) is 44.0. The molecule has 0 unspecified atom stereocenters. The summed E-state index contributed by atoms with van der Waals surface area (Å²) < 4.78 is 35.6. The third kappa shape index (κ3) is 6.81. The first-order valence-corrected chi connectivity index (χ1v) is 12.2. The van der Waals surface area contributed by atoms with Gasteiger partial charge in [0.1, 0.15) is 5.69 Å². The highest BCUT2D eigenvalue weighted by Gasteiger charge is 2.38. The number of nitrogens with zero attached hydrogens (tertiary/aromatic N) is 7. The van der Waals surface area contributed by atoms with E-state index in [0.717, 1.165) is 16.4 Å². The van der Waals surface area contributed by atoms with Crippen molar-refractivity contribution in [3.8, 4) is 11.5 Å². The fourth-order valence-corrected chi connectivity index (χ4v) is 3.98. The van der Waals surface area contributed by atoms with Crippen molar-refractivity contribution in [2.75, 3.05) is 0 Å². The van der Waals surface area contributed by atoms with Crippen LogP contribution in [0.25, 0.3) is 17.0 Å². The quantitative estimate of drug-likeness (QED) is 0.322. The number of carboxylic acids is 1. The lowest BCUT2D eigenvalue weighted by molar-refractivity contribution is -0.192. The number of carbonyl (C=O) groups is 2. The Morgan fingerprint density at radius 3 is 2.49 bits per heavy atom. The molecule has 0 aliphatic heterocycles. The minimum absolute atomic E-state index is 0.273. The van der Waals surface area contributed by atoms with Gasteiger partial charge in [0.2, 0.25) is 0 Å². The van der Waals surface area contributed by atoms with Crippen molar-refractivity contribution < 1.29 is 27.9 Å². The van der Waals surface area contributed by atoms with Crippen LogP contribution < -0.4 is 5.32 Å². The van der Waals surface area contributed by atoms with Crippen molar-refractivity contribution in [2.45, 2.75) is 33.1 Å². The van der Waals surface area contributed by atoms with Crippen LogP contribution in [0, 0.1) is 13.8 Å². The number of amides is 1. The largest absolute Gasteiger partial charge is 0.490 e. The number of aromatic nitrogens is 7. The highest BCUT2D eigenvalue weighted by atomic mass is 32.1. The molecule has 1 amide bonds. The molecule has 0 aliphatic rings. The Hall–Kier alpha value is -4.66. The normalized spacial score (nSPS) is 11.2. The number of thiazole rings is 1. The van der Waals surface area contributed by atoms with Crippen molar-refractivity contribution in [3.63, 3.8) is 0 Å². The maximum absolute atomic E-state index is 12.9. The fraction of sp³-hybridized carbons (Fsp3) is 0.208. The van der Waals surface area contributed by atoms with Crippen molar-refractivity contribution in [3.05, 3.63) is 82.5 Å². The van der Waals surface area contributed by atoms with E-state index in [1.807, 2.05) is 58.8 Å². The second-order valence-electron chi connectivity index (χ2n) is 8.16. The van der Waals surface area contributed by atoms with Gasteiger partial charge in [0.05, 0.1) is 53.2 Å². The SMILES string of the molecule is Cc1cnc(CNC(=O)c2nc(-c3cn(Cc4csc(C)n4)cn3)n3ccccc23)cn1.O=C(O)C(F)(F)F. The minimum atomic E-state index is -5.08. The van der Waals surface area contributed by atoms with Gasteiger partial charge in [0, 0.05) is 24.0 Å². The summed E-state index contributed by atoms with van der Waals surface area (Å²) in [6.07, 6.45) is 3.80. The van der Waals surface area contributed by atoms with E-state index in [1.165, 1.54) is 0 Å². The van der Waals surface area contributed by atoms with Gasteiger partial charge in [-0.25, -0.2) is 19.7 Å². The Labute approximate surface area is 223 Å². The zero-order valence-electron chi connectivity index (χ0n) is 20.5. The molecule has 0 saturated carbocycles. The number of alkyl halides is 3. The van der Waals surface area contributed by atoms with E-state index in [1.54, 1.807) is 30.1 Å². The highest BCUT2D eigenvalue weighted by molar-refractivity contribution is 7.09. The number of fused-ring (bicyclic) bond motifs is 1. The van der Waals surface area contributed by atoms with Crippen LogP contribution in [-0.2, 0) is 17.9 Å². The summed E-state index contributed by atoms with van der Waals surface area (Å²) in [5, 5.41) is 13.1. The second-order valence-corrected chi connectivity index (χ2v) is 9.23. The van der Waals surface area contributed by atoms with Gasteiger partial charge in [-0.15, -0.1) is 11.3 Å². The number of halogens is 3. The topological polar surface area (TPSA) is 140 Å². The van der Waals surface area contributed by atoms with Gasteiger partial charge in [-0.2, -0.15) is 13.2 Å². The summed E-state index contributed by atoms with van der Waals surface area (Å²) in [5.74, 6) is -2.43. The molecule has 0 aromatic carbocycles. The number of nitrogens with one attached hydrogen (secondary N) is 1. The Bertz CT molecular complexity index is 1610. The molecule has 0 spiro atoms. The molecule has 0 aliphatic carbocycles. The number of hydrogen-bond donors (Lipinski definition) is 2. The number of carboxylic acid groups (broad SMARTS) is 1. The van der Waals surface area contributed by atoms with Crippen LogP contribution in [0.15, 0.2) is 54.7 Å². The van der Waals surface area contributed by atoms with Crippen molar-refractivity contribution in [1.29, 1.82) is 0 Å². The lowest BCUT2D eigenvalue weighted by atomic mass is 10.3. The standard InChI is InChI=1S/C22H20N8OS.C2HF3O2/c1-14-7-24-16(8-23-14)9-25-22(31)20-19-5-3-4-6-30(19)21(28-20)18-11-29(13-26-18)10-17-12-32-15(2)27-17;3-2(4,5)1(6)7/h3-8,11-13H,9-10H2,1-2H3,(H,25,31);(H,6,7). The number of carbonyl (C=O) groups excluding carboxylic acids is 1. The third-order valence-electron chi connectivity index (χ3n) is 5.14. The number of pyridine rings is 1. The minimum Gasteiger partial charge on any atom is -0.475 e. The third-order valence-corrected chi connectivity index (χ3v) is 5.97. The monoisotopic (exact) mass is 558 g/mol. The average molecular weight is 559 g/mol. The smallest absolute Gasteiger partial charge is 0.475 e. The van der Waals surface area contributed by atoms with Crippen LogP contribution in [0.5, 0.6) is 0 Å². The first kappa shape index (κ1) is 27.4. The summed E-state index contributed by atoms with van der Waals surface area (Å²) >= 11 is 1.62. The van der Waals surface area contributed by atoms with Gasteiger partial charge in [-0.1, -0.05) is 6.07 Å². The summed E-state index contributed by atoms with van der Waals surface area (Å²) in [5.41, 5.74) is 4.23. The van der Waals surface area contributed by atoms with E-state index in [9.17, 15) is 18.0 Å². The van der Waals surface area contributed by atoms with Crippen molar-refractivity contribution in [1.82, 2.24) is 39.2 Å². The average Bonchev–Trinajstić information content (AvgIpc) is 3.62. The first-order chi connectivity index (χ1) is 18.5. The number of imidazole rings is 2. The van der Waals surface area contributed by atoms with Gasteiger partial charge in [0.25, 0.3) is 5.91 Å². The van der Waals surface area contributed by atoms with Gasteiger partial charge in [-0.3, -0.25) is 19.2 Å². The molecule has 5 rings (SSSR count). The van der Waals surface area contributed by atoms with Gasteiger partial charge in [0.15, 0.2) is 11.5 Å². The van der Waals surface area contributed by atoms with Crippen LogP contribution in [-0.4, -0.2) is 57.0 Å². The molecule has 0 saturated heterocycles. The van der Waals surface area contributed by atoms with E-state index in [-0.39, 0.29) is 12.5 Å². The predicted octanol–water partition coefficient (Wildman–Crippen LogP) is 3.67.